The summed E-state index contributed by atoms with van der Waals surface area (Å²) in [6.07, 6.45) is 2.44. The largest absolute Gasteiger partial charge is 0.496 e. The molecular formula is C28H27BrN2O5S. The highest BCUT2D eigenvalue weighted by Crippen LogP contribution is 2.42. The molecule has 0 atom stereocenters. The molecule has 3 aromatic carbocycles. The number of halogens is 1. The van der Waals surface area contributed by atoms with Crippen molar-refractivity contribution < 1.29 is 23.8 Å². The van der Waals surface area contributed by atoms with Crippen molar-refractivity contribution in [1.82, 2.24) is 5.32 Å². The van der Waals surface area contributed by atoms with Gasteiger partial charge in [0.05, 0.1) is 36.4 Å². The Labute approximate surface area is 228 Å². The first-order valence-corrected chi connectivity index (χ1v) is 13.2. The van der Waals surface area contributed by atoms with Crippen LogP contribution in [0.4, 0.5) is 5.69 Å². The van der Waals surface area contributed by atoms with Crippen LogP contribution in [0.5, 0.6) is 17.2 Å². The van der Waals surface area contributed by atoms with E-state index >= 15 is 0 Å². The molecule has 9 heteroatoms. The first-order valence-electron chi connectivity index (χ1n) is 11.5. The predicted octanol–water partition coefficient (Wildman–Crippen LogP) is 5.31. The van der Waals surface area contributed by atoms with Gasteiger partial charge in [-0.15, -0.1) is 0 Å². The molecule has 0 saturated carbocycles. The normalized spacial score (nSPS) is 13.8. The Balaban J connectivity index is 1.46. The lowest BCUT2D eigenvalue weighted by atomic mass is 10.1. The summed E-state index contributed by atoms with van der Waals surface area (Å²) >= 11 is 4.89. The number of fused-ring (bicyclic) bond motifs is 1. The first-order chi connectivity index (χ1) is 17.9. The van der Waals surface area contributed by atoms with Gasteiger partial charge in [0, 0.05) is 11.4 Å². The topological polar surface area (TPSA) is 77.1 Å². The zero-order chi connectivity index (χ0) is 26.4. The summed E-state index contributed by atoms with van der Waals surface area (Å²) in [5.74, 6) is 1.55. The highest BCUT2D eigenvalue weighted by molar-refractivity contribution is 9.10. The molecule has 1 N–H and O–H groups in total. The summed E-state index contributed by atoms with van der Waals surface area (Å²) in [4.78, 5) is 29.3. The number of nitrogens with one attached hydrogen (secondary N) is 1. The minimum atomic E-state index is -0.234. The molecule has 192 valence electrons. The molecule has 3 aromatic rings. The standard InChI is InChI=1S/C28H27BrN2O5S/c1-34-22-10-9-19(14-20(22)29)16-26-28(33)31(21-6-4-5-7-25(21)37-26)17-27(32)30-13-12-18-8-11-23(35-2)24(15-18)36-3/h4-11,14-16H,12-13,17H2,1-3H3,(H,30,32)/b26-16+. The van der Waals surface area contributed by atoms with Gasteiger partial charge in [0.1, 0.15) is 12.3 Å². The number of amides is 2. The molecule has 0 fully saturated rings. The quantitative estimate of drug-likeness (QED) is 0.344. The zero-order valence-electron chi connectivity index (χ0n) is 20.7. The van der Waals surface area contributed by atoms with E-state index < -0.39 is 0 Å². The Bertz CT molecular complexity index is 1340. The third-order valence-corrected chi connectivity index (χ3v) is 7.49. The zero-order valence-corrected chi connectivity index (χ0v) is 23.1. The van der Waals surface area contributed by atoms with E-state index in [0.717, 1.165) is 26.2 Å². The highest BCUT2D eigenvalue weighted by Gasteiger charge is 2.30. The Hall–Kier alpha value is -3.43. The van der Waals surface area contributed by atoms with E-state index in [2.05, 4.69) is 21.2 Å². The van der Waals surface area contributed by atoms with Crippen LogP contribution in [0.3, 0.4) is 0 Å². The van der Waals surface area contributed by atoms with Crippen LogP contribution in [0, 0.1) is 0 Å². The second-order valence-corrected chi connectivity index (χ2v) is 10.1. The molecule has 1 aliphatic rings. The lowest BCUT2D eigenvalue weighted by Crippen LogP contribution is -2.43. The molecule has 2 amide bonds. The van der Waals surface area contributed by atoms with Crippen LogP contribution in [0.2, 0.25) is 0 Å². The number of benzene rings is 3. The second kappa shape index (κ2) is 12.2. The molecule has 1 aliphatic heterocycles. The molecule has 7 nitrogen and oxygen atoms in total. The van der Waals surface area contributed by atoms with Gasteiger partial charge in [-0.05, 0) is 76.0 Å². The number of rotatable bonds is 9. The SMILES string of the molecule is COc1ccc(/C=C2/Sc3ccccc3N(CC(=O)NCCc3ccc(OC)c(OC)c3)C2=O)cc1Br. The fraction of sp³-hybridized carbons (Fsp3) is 0.214. The summed E-state index contributed by atoms with van der Waals surface area (Å²) in [6, 6.07) is 18.9. The van der Waals surface area contributed by atoms with Crippen molar-refractivity contribution in [2.24, 2.45) is 0 Å². The number of thioether (sulfide) groups is 1. The van der Waals surface area contributed by atoms with Gasteiger partial charge in [0.2, 0.25) is 5.91 Å². The number of para-hydroxylation sites is 1. The molecular weight excluding hydrogens is 556 g/mol. The third-order valence-electron chi connectivity index (χ3n) is 5.79. The van der Waals surface area contributed by atoms with Gasteiger partial charge in [0.25, 0.3) is 5.91 Å². The molecule has 0 spiro atoms. The van der Waals surface area contributed by atoms with Crippen molar-refractivity contribution >= 4 is 51.3 Å². The molecule has 0 aromatic heterocycles. The summed E-state index contributed by atoms with van der Waals surface area (Å²) in [7, 11) is 4.78. The Morgan fingerprint density at radius 1 is 0.973 bits per heavy atom. The van der Waals surface area contributed by atoms with Gasteiger partial charge < -0.3 is 19.5 Å². The average Bonchev–Trinajstić information content (AvgIpc) is 2.91. The van der Waals surface area contributed by atoms with Crippen molar-refractivity contribution in [3.05, 3.63) is 81.2 Å². The first kappa shape index (κ1) is 26.6. The minimum absolute atomic E-state index is 0.0774. The Kier molecular flexibility index (Phi) is 8.78. The van der Waals surface area contributed by atoms with Crippen molar-refractivity contribution in [3.8, 4) is 17.2 Å². The van der Waals surface area contributed by atoms with E-state index in [9.17, 15) is 9.59 Å². The van der Waals surface area contributed by atoms with Gasteiger partial charge in [-0.1, -0.05) is 36.0 Å². The van der Waals surface area contributed by atoms with Crippen LogP contribution in [0.1, 0.15) is 11.1 Å². The van der Waals surface area contributed by atoms with Crippen LogP contribution in [-0.2, 0) is 16.0 Å². The molecule has 37 heavy (non-hydrogen) atoms. The van der Waals surface area contributed by atoms with Crippen molar-refractivity contribution in [3.63, 3.8) is 0 Å². The van der Waals surface area contributed by atoms with Crippen LogP contribution in [0.25, 0.3) is 6.08 Å². The molecule has 0 saturated heterocycles. The van der Waals surface area contributed by atoms with E-state index in [1.807, 2.05) is 66.7 Å². The van der Waals surface area contributed by atoms with Gasteiger partial charge in [-0.25, -0.2) is 0 Å². The predicted molar refractivity (Wildman–Crippen MR) is 150 cm³/mol. The monoisotopic (exact) mass is 582 g/mol. The lowest BCUT2D eigenvalue weighted by molar-refractivity contribution is -0.122. The second-order valence-electron chi connectivity index (χ2n) is 8.15. The van der Waals surface area contributed by atoms with E-state index in [0.29, 0.717) is 35.1 Å². The summed E-state index contributed by atoms with van der Waals surface area (Å²) < 4.78 is 16.7. The highest BCUT2D eigenvalue weighted by atomic mass is 79.9. The van der Waals surface area contributed by atoms with Gasteiger partial charge in [0.15, 0.2) is 11.5 Å². The molecule has 0 radical (unpaired) electrons. The van der Waals surface area contributed by atoms with E-state index in [4.69, 9.17) is 14.2 Å². The van der Waals surface area contributed by atoms with Gasteiger partial charge in [-0.2, -0.15) is 0 Å². The van der Waals surface area contributed by atoms with Crippen LogP contribution in [-0.4, -0.2) is 46.2 Å². The summed E-state index contributed by atoms with van der Waals surface area (Å²) in [6.45, 7) is 0.349. The fourth-order valence-electron chi connectivity index (χ4n) is 3.92. The maximum Gasteiger partial charge on any atom is 0.265 e. The maximum atomic E-state index is 13.5. The number of carbonyl (C=O) groups is 2. The number of methoxy groups -OCH3 is 3. The molecule has 0 aliphatic carbocycles. The molecule has 0 bridgehead atoms. The van der Waals surface area contributed by atoms with Crippen molar-refractivity contribution in [2.45, 2.75) is 11.3 Å². The van der Waals surface area contributed by atoms with E-state index in [-0.39, 0.29) is 18.4 Å². The van der Waals surface area contributed by atoms with Gasteiger partial charge >= 0.3 is 0 Å². The third kappa shape index (κ3) is 6.29. The number of ether oxygens (including phenoxy) is 3. The van der Waals surface area contributed by atoms with E-state index in [1.54, 1.807) is 21.3 Å². The number of hydrogen-bond acceptors (Lipinski definition) is 6. The fourth-order valence-corrected chi connectivity index (χ4v) is 5.54. The number of carbonyl (C=O) groups excluding carboxylic acids is 2. The number of anilines is 1. The number of hydrogen-bond donors (Lipinski definition) is 1. The summed E-state index contributed by atoms with van der Waals surface area (Å²) in [5, 5.41) is 2.93. The van der Waals surface area contributed by atoms with Crippen LogP contribution in [0.15, 0.2) is 74.9 Å². The molecule has 4 rings (SSSR count). The smallest absolute Gasteiger partial charge is 0.265 e. The Morgan fingerprint density at radius 2 is 1.70 bits per heavy atom. The molecule has 0 unspecified atom stereocenters. The van der Waals surface area contributed by atoms with Gasteiger partial charge in [-0.3, -0.25) is 14.5 Å². The minimum Gasteiger partial charge on any atom is -0.496 e. The van der Waals surface area contributed by atoms with Crippen LogP contribution < -0.4 is 24.4 Å². The van der Waals surface area contributed by atoms with Crippen molar-refractivity contribution in [1.29, 1.82) is 0 Å². The maximum absolute atomic E-state index is 13.5. The average molecular weight is 584 g/mol. The lowest BCUT2D eigenvalue weighted by Gasteiger charge is -2.29. The van der Waals surface area contributed by atoms with E-state index in [1.165, 1.54) is 16.7 Å². The Morgan fingerprint density at radius 3 is 2.43 bits per heavy atom. The number of nitrogens with zero attached hydrogens (tertiary/aromatic N) is 1. The van der Waals surface area contributed by atoms with Crippen molar-refractivity contribution in [2.75, 3.05) is 39.3 Å². The summed E-state index contributed by atoms with van der Waals surface area (Å²) in [5.41, 5.74) is 2.58. The molecule has 1 heterocycles. The van der Waals surface area contributed by atoms with Crippen LogP contribution >= 0.6 is 27.7 Å².